The number of aryl methyl sites for hydroxylation is 2. The Morgan fingerprint density at radius 1 is 1.16 bits per heavy atom. The van der Waals surface area contributed by atoms with E-state index in [1.165, 1.54) is 12.1 Å². The van der Waals surface area contributed by atoms with Crippen molar-refractivity contribution in [2.45, 2.75) is 20.8 Å². The number of nitrogens with one attached hydrogen (secondary N) is 1. The zero-order chi connectivity index (χ0) is 14.0. The Morgan fingerprint density at radius 2 is 1.89 bits per heavy atom. The molecule has 100 valence electrons. The summed E-state index contributed by atoms with van der Waals surface area (Å²) in [4.78, 5) is 8.51. The molecule has 4 nitrogen and oxygen atoms in total. The second kappa shape index (κ2) is 5.22. The molecule has 2 rings (SSSR count). The number of hydrogen-bond donors (Lipinski definition) is 1. The minimum Gasteiger partial charge on any atom is -0.438 e. The smallest absolute Gasteiger partial charge is 0.227 e. The number of halogens is 1. The molecule has 0 spiro atoms. The fraction of sp³-hybridized carbons (Fsp3) is 0.286. The fourth-order valence-corrected chi connectivity index (χ4v) is 1.73. The van der Waals surface area contributed by atoms with Gasteiger partial charge in [0.25, 0.3) is 0 Å². The van der Waals surface area contributed by atoms with Crippen molar-refractivity contribution in [2.75, 3.05) is 12.4 Å². The van der Waals surface area contributed by atoms with Gasteiger partial charge in [0.05, 0.1) is 5.56 Å². The molecule has 0 unspecified atom stereocenters. The largest absolute Gasteiger partial charge is 0.438 e. The molecule has 5 heteroatoms. The van der Waals surface area contributed by atoms with E-state index in [2.05, 4.69) is 15.3 Å². The summed E-state index contributed by atoms with van der Waals surface area (Å²) in [6.45, 7) is 5.50. The molecule has 0 aliphatic carbocycles. The molecule has 2 aromatic rings. The molecular formula is C14H16FN3O. The molecule has 0 fully saturated rings. The Balaban J connectivity index is 2.43. The molecule has 0 aliphatic rings. The van der Waals surface area contributed by atoms with Crippen LogP contribution in [0, 0.1) is 26.6 Å². The first-order valence-electron chi connectivity index (χ1n) is 5.98. The van der Waals surface area contributed by atoms with Crippen LogP contribution in [0.4, 0.5) is 10.2 Å². The van der Waals surface area contributed by atoms with Crippen LogP contribution in [0.1, 0.15) is 17.0 Å². The average molecular weight is 261 g/mol. The lowest BCUT2D eigenvalue weighted by molar-refractivity contribution is 0.448. The van der Waals surface area contributed by atoms with E-state index in [1.54, 1.807) is 20.0 Å². The lowest BCUT2D eigenvalue weighted by Crippen LogP contribution is -2.03. The number of aromatic nitrogens is 2. The van der Waals surface area contributed by atoms with Crippen LogP contribution in [-0.4, -0.2) is 17.0 Å². The van der Waals surface area contributed by atoms with Crippen molar-refractivity contribution in [1.82, 2.24) is 9.97 Å². The minimum atomic E-state index is -0.335. The Kier molecular flexibility index (Phi) is 3.64. The maximum absolute atomic E-state index is 13.3. The van der Waals surface area contributed by atoms with Crippen LogP contribution in [0.15, 0.2) is 18.2 Å². The third kappa shape index (κ3) is 2.81. The number of rotatable bonds is 3. The van der Waals surface area contributed by atoms with E-state index in [9.17, 15) is 4.39 Å². The maximum atomic E-state index is 13.3. The third-order valence-corrected chi connectivity index (χ3v) is 2.81. The molecule has 0 saturated carbocycles. The van der Waals surface area contributed by atoms with E-state index in [4.69, 9.17) is 4.74 Å². The molecule has 0 bridgehead atoms. The number of benzene rings is 1. The van der Waals surface area contributed by atoms with E-state index < -0.39 is 0 Å². The number of ether oxygens (including phenoxy) is 1. The Morgan fingerprint density at radius 3 is 2.58 bits per heavy atom. The SMILES string of the molecule is CNc1nc(C)nc(Oc2cc(F)ccc2C)c1C. The van der Waals surface area contributed by atoms with E-state index in [1.807, 2.05) is 13.8 Å². The lowest BCUT2D eigenvalue weighted by atomic mass is 10.2. The highest BCUT2D eigenvalue weighted by molar-refractivity contribution is 5.49. The molecular weight excluding hydrogens is 245 g/mol. The summed E-state index contributed by atoms with van der Waals surface area (Å²) >= 11 is 0. The van der Waals surface area contributed by atoms with Gasteiger partial charge in [0, 0.05) is 13.1 Å². The normalized spacial score (nSPS) is 10.4. The van der Waals surface area contributed by atoms with Crippen LogP contribution < -0.4 is 10.1 Å². The Hall–Kier alpha value is -2.17. The molecule has 1 N–H and O–H groups in total. The summed E-state index contributed by atoms with van der Waals surface area (Å²) in [5.74, 6) is 1.86. The Bertz CT molecular complexity index is 614. The second-order valence-corrected chi connectivity index (χ2v) is 4.31. The van der Waals surface area contributed by atoms with Crippen LogP contribution in [0.5, 0.6) is 11.6 Å². The third-order valence-electron chi connectivity index (χ3n) is 2.81. The molecule has 0 aliphatic heterocycles. The Labute approximate surface area is 111 Å². The highest BCUT2D eigenvalue weighted by atomic mass is 19.1. The summed E-state index contributed by atoms with van der Waals surface area (Å²) in [5, 5.41) is 2.98. The lowest BCUT2D eigenvalue weighted by Gasteiger charge is -2.13. The van der Waals surface area contributed by atoms with Crippen molar-refractivity contribution in [3.63, 3.8) is 0 Å². The molecule has 19 heavy (non-hydrogen) atoms. The van der Waals surface area contributed by atoms with Gasteiger partial charge in [0.15, 0.2) is 0 Å². The first kappa shape index (κ1) is 13.3. The zero-order valence-corrected chi connectivity index (χ0v) is 11.4. The quantitative estimate of drug-likeness (QED) is 0.920. The van der Waals surface area contributed by atoms with Gasteiger partial charge in [-0.3, -0.25) is 0 Å². The topological polar surface area (TPSA) is 47.0 Å². The summed E-state index contributed by atoms with van der Waals surface area (Å²) in [6.07, 6.45) is 0. The van der Waals surface area contributed by atoms with Gasteiger partial charge in [-0.1, -0.05) is 6.07 Å². The highest BCUT2D eigenvalue weighted by Crippen LogP contribution is 2.29. The van der Waals surface area contributed by atoms with E-state index >= 15 is 0 Å². The van der Waals surface area contributed by atoms with Crippen molar-refractivity contribution >= 4 is 5.82 Å². The van der Waals surface area contributed by atoms with E-state index in [0.717, 1.165) is 11.1 Å². The van der Waals surface area contributed by atoms with Crippen molar-refractivity contribution in [3.05, 3.63) is 41.0 Å². The van der Waals surface area contributed by atoms with Gasteiger partial charge in [-0.05, 0) is 32.4 Å². The van der Waals surface area contributed by atoms with E-state index in [-0.39, 0.29) is 5.82 Å². The first-order chi connectivity index (χ1) is 9.01. The molecule has 0 atom stereocenters. The summed E-state index contributed by atoms with van der Waals surface area (Å²) in [6, 6.07) is 4.43. The van der Waals surface area contributed by atoms with Crippen molar-refractivity contribution in [1.29, 1.82) is 0 Å². The molecule has 1 heterocycles. The maximum Gasteiger partial charge on any atom is 0.227 e. The standard InChI is InChI=1S/C14H16FN3O/c1-8-5-6-11(15)7-12(8)19-14-9(2)13(16-4)17-10(3)18-14/h5-7H,1-4H3,(H,16,17,18). The van der Waals surface area contributed by atoms with Gasteiger partial charge >= 0.3 is 0 Å². The second-order valence-electron chi connectivity index (χ2n) is 4.31. The highest BCUT2D eigenvalue weighted by Gasteiger charge is 2.12. The molecule has 1 aromatic heterocycles. The predicted molar refractivity (Wildman–Crippen MR) is 72.3 cm³/mol. The van der Waals surface area contributed by atoms with Crippen molar-refractivity contribution in [2.24, 2.45) is 0 Å². The molecule has 1 aromatic carbocycles. The zero-order valence-electron chi connectivity index (χ0n) is 11.4. The van der Waals surface area contributed by atoms with Gasteiger partial charge in [-0.15, -0.1) is 0 Å². The van der Waals surface area contributed by atoms with Gasteiger partial charge in [-0.2, -0.15) is 4.98 Å². The van der Waals surface area contributed by atoms with Gasteiger partial charge in [0.1, 0.15) is 23.2 Å². The summed E-state index contributed by atoms with van der Waals surface area (Å²) < 4.78 is 19.0. The van der Waals surface area contributed by atoms with E-state index in [0.29, 0.717) is 23.3 Å². The van der Waals surface area contributed by atoms with Gasteiger partial charge < -0.3 is 10.1 Å². The molecule has 0 saturated heterocycles. The van der Waals surface area contributed by atoms with Gasteiger partial charge in [0.2, 0.25) is 5.88 Å². The summed E-state index contributed by atoms with van der Waals surface area (Å²) in [5.41, 5.74) is 1.64. The van der Waals surface area contributed by atoms with Crippen molar-refractivity contribution < 1.29 is 9.13 Å². The minimum absolute atomic E-state index is 0.335. The predicted octanol–water partition coefficient (Wildman–Crippen LogP) is 3.37. The first-order valence-corrected chi connectivity index (χ1v) is 5.98. The number of hydrogen-bond acceptors (Lipinski definition) is 4. The monoisotopic (exact) mass is 261 g/mol. The van der Waals surface area contributed by atoms with Crippen LogP contribution in [-0.2, 0) is 0 Å². The van der Waals surface area contributed by atoms with Crippen molar-refractivity contribution in [3.8, 4) is 11.6 Å². The number of anilines is 1. The van der Waals surface area contributed by atoms with Crippen LogP contribution in [0.3, 0.4) is 0 Å². The van der Waals surface area contributed by atoms with Gasteiger partial charge in [-0.25, -0.2) is 9.37 Å². The molecule has 0 amide bonds. The molecule has 0 radical (unpaired) electrons. The summed E-state index contributed by atoms with van der Waals surface area (Å²) in [7, 11) is 1.78. The van der Waals surface area contributed by atoms with Crippen LogP contribution in [0.2, 0.25) is 0 Å². The fourth-order valence-electron chi connectivity index (χ4n) is 1.73. The van der Waals surface area contributed by atoms with Crippen LogP contribution >= 0.6 is 0 Å². The van der Waals surface area contributed by atoms with Crippen LogP contribution in [0.25, 0.3) is 0 Å². The average Bonchev–Trinajstić information content (AvgIpc) is 2.37. The number of nitrogens with zero attached hydrogens (tertiary/aromatic N) is 2.